The van der Waals surface area contributed by atoms with E-state index >= 15 is 9.59 Å². The second kappa shape index (κ2) is 15.4. The number of likely N-dealkylation sites (tertiary alicyclic amines) is 1. The van der Waals surface area contributed by atoms with Gasteiger partial charge in [0.2, 0.25) is 11.8 Å². The van der Waals surface area contributed by atoms with Gasteiger partial charge in [-0.15, -0.1) is 0 Å². The van der Waals surface area contributed by atoms with Crippen LogP contribution in [0, 0.1) is 11.8 Å². The Morgan fingerprint density at radius 1 is 0.925 bits per heavy atom. The van der Waals surface area contributed by atoms with Crippen LogP contribution in [-0.4, -0.2) is 91.5 Å². The minimum atomic E-state index is -1.61. The van der Waals surface area contributed by atoms with Crippen LogP contribution in [-0.2, 0) is 33.4 Å². The number of allylic oxidation sites excluding steroid dienone is 1. The highest BCUT2D eigenvalue weighted by atomic mass is 16.6. The number of anilines is 1. The highest BCUT2D eigenvalue weighted by Crippen LogP contribution is 2.55. The predicted molar refractivity (Wildman–Crippen MR) is 193 cm³/mol. The second-order valence-electron chi connectivity index (χ2n) is 13.6. The number of aliphatic hydroxyl groups excluding tert-OH is 1. The Hall–Kier alpha value is -5.30. The molecule has 4 aliphatic rings. The molecule has 0 aromatic heterocycles. The van der Waals surface area contributed by atoms with E-state index in [0.717, 1.165) is 0 Å². The molecular formula is C41H43N3O9. The van der Waals surface area contributed by atoms with E-state index in [0.29, 0.717) is 29.0 Å². The Labute approximate surface area is 308 Å². The molecule has 0 bridgehead atoms. The number of methoxy groups -OCH3 is 2. The Morgan fingerprint density at radius 2 is 1.64 bits per heavy atom. The van der Waals surface area contributed by atoms with Gasteiger partial charge >= 0.3 is 5.97 Å². The first-order valence-corrected chi connectivity index (χ1v) is 17.8. The van der Waals surface area contributed by atoms with Crippen LogP contribution in [0.15, 0.2) is 109 Å². The van der Waals surface area contributed by atoms with Gasteiger partial charge in [-0.2, -0.15) is 0 Å². The van der Waals surface area contributed by atoms with Crippen molar-refractivity contribution < 1.29 is 43.2 Å². The summed E-state index contributed by atoms with van der Waals surface area (Å²) in [6.07, 6.45) is 5.52. The fourth-order valence-electron chi connectivity index (χ4n) is 8.19. The smallest absolute Gasteiger partial charge is 0.313 e. The summed E-state index contributed by atoms with van der Waals surface area (Å²) >= 11 is 0. The number of nitrogens with one attached hydrogen (secondary N) is 1. The van der Waals surface area contributed by atoms with Crippen LogP contribution < -0.4 is 15.0 Å². The van der Waals surface area contributed by atoms with E-state index in [9.17, 15) is 14.7 Å². The zero-order valence-electron chi connectivity index (χ0n) is 29.6. The number of carbonyl (C=O) groups excluding carboxylic acids is 4. The molecule has 4 heterocycles. The standard InChI is InChI=1S/C41H43N3O9/c1-50-25-30-36(27-14-7-4-8-15-27)52-40(49)34-32(16-9-10-17-33(46)42-30)53-41-22-11-23-43(28-18-20-29(51-2)21-19-28)39(48)37(41)44(38(47)35(34)41)31(24-45)26-12-5-3-6-13-26/h3-9,11-16,18-22,30-32,34-37,45H,10,17,23-25H2,1-2H3,(H,42,46)/b16-9-/t30-,31-,32-,34+,35+,36-,37-,41+/m1/s1. The molecule has 0 unspecified atom stereocenters. The third kappa shape index (κ3) is 6.62. The lowest BCUT2D eigenvalue weighted by molar-refractivity contribution is -0.162. The Kier molecular flexibility index (Phi) is 10.5. The summed E-state index contributed by atoms with van der Waals surface area (Å²) in [5.74, 6) is -3.69. The molecule has 12 nitrogen and oxygen atoms in total. The van der Waals surface area contributed by atoms with Crippen molar-refractivity contribution in [2.75, 3.05) is 38.9 Å². The average molecular weight is 722 g/mol. The molecule has 3 aromatic rings. The summed E-state index contributed by atoms with van der Waals surface area (Å²) in [6.45, 7) is -0.273. The Balaban J connectivity index is 1.36. The lowest BCUT2D eigenvalue weighted by Gasteiger charge is -2.38. The van der Waals surface area contributed by atoms with Crippen LogP contribution in [0.5, 0.6) is 5.75 Å². The third-order valence-corrected chi connectivity index (χ3v) is 10.6. The Morgan fingerprint density at radius 3 is 2.32 bits per heavy atom. The van der Waals surface area contributed by atoms with Crippen molar-refractivity contribution in [3.05, 3.63) is 120 Å². The number of fused-ring (bicyclic) bond motifs is 2. The molecule has 3 aromatic carbocycles. The van der Waals surface area contributed by atoms with Crippen molar-refractivity contribution in [3.63, 3.8) is 0 Å². The van der Waals surface area contributed by atoms with Crippen LogP contribution in [0.2, 0.25) is 0 Å². The monoisotopic (exact) mass is 721 g/mol. The molecular weight excluding hydrogens is 678 g/mol. The molecule has 53 heavy (non-hydrogen) atoms. The number of amides is 3. The number of rotatable bonds is 8. The topological polar surface area (TPSA) is 144 Å². The molecule has 4 aliphatic heterocycles. The van der Waals surface area contributed by atoms with Crippen molar-refractivity contribution in [2.45, 2.75) is 48.8 Å². The van der Waals surface area contributed by atoms with Gasteiger partial charge in [-0.25, -0.2) is 0 Å². The van der Waals surface area contributed by atoms with Crippen molar-refractivity contribution >= 4 is 29.4 Å². The largest absolute Gasteiger partial charge is 0.497 e. The van der Waals surface area contributed by atoms with Crippen LogP contribution in [0.1, 0.15) is 36.1 Å². The first-order valence-electron chi connectivity index (χ1n) is 17.8. The van der Waals surface area contributed by atoms with Gasteiger partial charge in [0.1, 0.15) is 29.4 Å². The van der Waals surface area contributed by atoms with Gasteiger partial charge in [0.15, 0.2) is 0 Å². The van der Waals surface area contributed by atoms with E-state index in [-0.39, 0.29) is 25.5 Å². The van der Waals surface area contributed by atoms with Crippen LogP contribution in [0.3, 0.4) is 0 Å². The molecule has 276 valence electrons. The van der Waals surface area contributed by atoms with E-state index in [2.05, 4.69) is 5.32 Å². The van der Waals surface area contributed by atoms with E-state index in [1.807, 2.05) is 24.3 Å². The number of esters is 1. The molecule has 2 fully saturated rings. The van der Waals surface area contributed by atoms with Gasteiger partial charge in [-0.05, 0) is 41.8 Å². The van der Waals surface area contributed by atoms with Crippen molar-refractivity contribution in [1.82, 2.24) is 10.2 Å². The van der Waals surface area contributed by atoms with Crippen LogP contribution in [0.4, 0.5) is 5.69 Å². The maximum absolute atomic E-state index is 15.1. The molecule has 7 rings (SSSR count). The highest BCUT2D eigenvalue weighted by Gasteiger charge is 2.72. The van der Waals surface area contributed by atoms with Gasteiger partial charge in [-0.3, -0.25) is 19.2 Å². The quantitative estimate of drug-likeness (QED) is 0.263. The maximum atomic E-state index is 15.1. The number of nitrogens with zero attached hydrogens (tertiary/aromatic N) is 2. The first kappa shape index (κ1) is 36.1. The number of hydrogen-bond donors (Lipinski definition) is 2. The van der Waals surface area contributed by atoms with Gasteiger partial charge in [0, 0.05) is 25.8 Å². The second-order valence-corrected chi connectivity index (χ2v) is 13.6. The first-order chi connectivity index (χ1) is 25.8. The number of hydrogen-bond acceptors (Lipinski definition) is 9. The summed E-state index contributed by atoms with van der Waals surface area (Å²) < 4.78 is 24.1. The molecule has 0 aliphatic carbocycles. The normalized spacial score (nSPS) is 29.8. The summed E-state index contributed by atoms with van der Waals surface area (Å²) in [6, 6.07) is 22.1. The van der Waals surface area contributed by atoms with Gasteiger partial charge in [0.25, 0.3) is 5.91 Å². The van der Waals surface area contributed by atoms with Gasteiger partial charge < -0.3 is 39.2 Å². The average Bonchev–Trinajstić information content (AvgIpc) is 3.57. The zero-order chi connectivity index (χ0) is 37.1. The molecule has 12 heteroatoms. The van der Waals surface area contributed by atoms with Crippen molar-refractivity contribution in [2.24, 2.45) is 11.8 Å². The predicted octanol–water partition coefficient (Wildman–Crippen LogP) is 3.68. The molecule has 3 amide bonds. The molecule has 2 N–H and O–H groups in total. The lowest BCUT2D eigenvalue weighted by Crippen LogP contribution is -2.56. The number of cyclic esters (lactones) is 1. The Bertz CT molecular complexity index is 1870. The van der Waals surface area contributed by atoms with Gasteiger partial charge in [0.05, 0.1) is 44.4 Å². The fraction of sp³-hybridized carbons (Fsp3) is 0.366. The van der Waals surface area contributed by atoms with Crippen molar-refractivity contribution in [1.29, 1.82) is 0 Å². The fourth-order valence-corrected chi connectivity index (χ4v) is 8.19. The SMILES string of the molecule is COC[C@H]1NC(=O)CC/C=C\[C@H]2O[C@]34C=CCN(c5ccc(OC)cc5)C(=O)[C@H]3N([C@H](CO)c3ccccc3)C(=O)[C@@H]4[C@H]2C(=O)O[C@@H]1c1ccccc1. The summed E-state index contributed by atoms with van der Waals surface area (Å²) in [5, 5.41) is 13.9. The van der Waals surface area contributed by atoms with Crippen molar-refractivity contribution in [3.8, 4) is 5.75 Å². The molecule has 8 atom stereocenters. The lowest BCUT2D eigenvalue weighted by atomic mass is 9.77. The number of aliphatic hydroxyl groups is 1. The van der Waals surface area contributed by atoms with E-state index in [4.69, 9.17) is 18.9 Å². The molecule has 0 saturated carbocycles. The number of benzene rings is 3. The number of ether oxygens (including phenoxy) is 4. The summed E-state index contributed by atoms with van der Waals surface area (Å²) in [5.41, 5.74) is 0.209. The third-order valence-electron chi connectivity index (χ3n) is 10.6. The summed E-state index contributed by atoms with van der Waals surface area (Å²) in [4.78, 5) is 61.0. The molecule has 1 spiro atoms. The van der Waals surface area contributed by atoms with Crippen LogP contribution in [0.25, 0.3) is 0 Å². The highest BCUT2D eigenvalue weighted by molar-refractivity contribution is 6.05. The molecule has 0 radical (unpaired) electrons. The maximum Gasteiger partial charge on any atom is 0.313 e. The summed E-state index contributed by atoms with van der Waals surface area (Å²) in [7, 11) is 3.06. The van der Waals surface area contributed by atoms with E-state index in [1.165, 1.54) is 12.0 Å². The zero-order valence-corrected chi connectivity index (χ0v) is 29.6. The van der Waals surface area contributed by atoms with Crippen LogP contribution >= 0.6 is 0 Å². The number of carbonyl (C=O) groups is 4. The minimum absolute atomic E-state index is 0.0505. The van der Waals surface area contributed by atoms with E-state index < -0.39 is 72.2 Å². The minimum Gasteiger partial charge on any atom is -0.497 e. The van der Waals surface area contributed by atoms with E-state index in [1.54, 1.807) is 97.0 Å². The van der Waals surface area contributed by atoms with Gasteiger partial charge in [-0.1, -0.05) is 85.0 Å². The molecule has 2 saturated heterocycles.